The van der Waals surface area contributed by atoms with E-state index in [1.54, 1.807) is 17.2 Å². The van der Waals surface area contributed by atoms with E-state index in [1.807, 2.05) is 49.5 Å². The number of aromatic nitrogens is 3. The molecule has 2 bridgehead atoms. The Balaban J connectivity index is 1.34. The lowest BCUT2D eigenvalue weighted by Crippen LogP contribution is -2.49. The molecule has 4 aromatic rings. The molecule has 0 aliphatic carbocycles. The third-order valence-electron chi connectivity index (χ3n) is 7.30. The highest BCUT2D eigenvalue weighted by atomic mass is 16.5. The molecule has 5 heterocycles. The minimum Gasteiger partial charge on any atom is -0.489 e. The van der Waals surface area contributed by atoms with Gasteiger partial charge in [0, 0.05) is 48.4 Å². The topological polar surface area (TPSA) is 89.6 Å². The fourth-order valence-corrected chi connectivity index (χ4v) is 5.68. The second kappa shape index (κ2) is 8.30. The zero-order chi connectivity index (χ0) is 24.1. The Kier molecular flexibility index (Phi) is 5.09. The van der Waals surface area contributed by atoms with Gasteiger partial charge in [0.05, 0.1) is 6.04 Å². The van der Waals surface area contributed by atoms with Crippen LogP contribution in [0.3, 0.4) is 0 Å². The molecule has 8 nitrogen and oxygen atoms in total. The zero-order valence-electron chi connectivity index (χ0n) is 19.4. The van der Waals surface area contributed by atoms with E-state index in [2.05, 4.69) is 4.57 Å². The molecular weight excluding hydrogens is 444 g/mol. The van der Waals surface area contributed by atoms with E-state index in [0.717, 1.165) is 47.1 Å². The summed E-state index contributed by atoms with van der Waals surface area (Å²) in [4.78, 5) is 31.4. The Morgan fingerprint density at radius 1 is 1.14 bits per heavy atom. The number of nitrogens with zero attached hydrogens (tertiary/aromatic N) is 4. The highest BCUT2D eigenvalue weighted by molar-refractivity contribution is 5.85. The number of aryl methyl sites for hydroxylation is 1. The van der Waals surface area contributed by atoms with Crippen molar-refractivity contribution in [1.29, 1.82) is 0 Å². The number of amides is 1. The van der Waals surface area contributed by atoms with Crippen molar-refractivity contribution in [2.45, 2.75) is 44.4 Å². The van der Waals surface area contributed by atoms with Crippen molar-refractivity contribution in [3.05, 3.63) is 88.0 Å². The molecule has 1 aromatic carbocycles. The van der Waals surface area contributed by atoms with Gasteiger partial charge in [0.1, 0.15) is 23.8 Å². The molecule has 1 amide bonds. The molecule has 2 atom stereocenters. The van der Waals surface area contributed by atoms with Crippen LogP contribution < -0.4 is 10.3 Å². The number of rotatable bonds is 4. The van der Waals surface area contributed by atoms with Gasteiger partial charge in [-0.15, -0.1) is 0 Å². The maximum absolute atomic E-state index is 12.9. The Labute approximate surface area is 202 Å². The Morgan fingerprint density at radius 2 is 1.97 bits per heavy atom. The van der Waals surface area contributed by atoms with Crippen molar-refractivity contribution in [3.63, 3.8) is 0 Å². The molecule has 1 N–H and O–H groups in total. The van der Waals surface area contributed by atoms with Crippen molar-refractivity contribution in [1.82, 2.24) is 19.0 Å². The molecule has 2 aliphatic heterocycles. The summed E-state index contributed by atoms with van der Waals surface area (Å²) >= 11 is 0. The van der Waals surface area contributed by atoms with Gasteiger partial charge < -0.3 is 14.4 Å². The van der Waals surface area contributed by atoms with Crippen LogP contribution in [0.1, 0.15) is 42.1 Å². The van der Waals surface area contributed by atoms with Crippen LogP contribution in [0.15, 0.2) is 65.6 Å². The van der Waals surface area contributed by atoms with E-state index in [1.165, 1.54) is 10.6 Å². The summed E-state index contributed by atoms with van der Waals surface area (Å²) in [5.74, 6) is 1.03. The van der Waals surface area contributed by atoms with Crippen LogP contribution in [0.25, 0.3) is 16.9 Å². The van der Waals surface area contributed by atoms with Crippen molar-refractivity contribution >= 4 is 17.1 Å². The van der Waals surface area contributed by atoms with E-state index in [4.69, 9.17) is 9.72 Å². The van der Waals surface area contributed by atoms with Crippen LogP contribution in [-0.2, 0) is 20.1 Å². The molecule has 0 saturated carbocycles. The molecule has 0 spiro atoms. The molecule has 0 radical (unpaired) electrons. The molecular formula is C27H26N4O4. The quantitative estimate of drug-likeness (QED) is 0.477. The van der Waals surface area contributed by atoms with Crippen molar-refractivity contribution in [3.8, 4) is 11.6 Å². The lowest BCUT2D eigenvalue weighted by atomic mass is 9.82. The molecule has 35 heavy (non-hydrogen) atoms. The molecule has 178 valence electrons. The Bertz CT molecular complexity index is 1490. The number of piperidine rings is 1. The van der Waals surface area contributed by atoms with Gasteiger partial charge in [0.15, 0.2) is 0 Å². The normalized spacial score (nSPS) is 18.9. The maximum Gasteiger partial charge on any atom is 0.408 e. The van der Waals surface area contributed by atoms with E-state index in [9.17, 15) is 14.7 Å². The lowest BCUT2D eigenvalue weighted by Gasteiger charge is -2.44. The lowest BCUT2D eigenvalue weighted by molar-refractivity contribution is 0.0622. The molecule has 1 fully saturated rings. The predicted octanol–water partition coefficient (Wildman–Crippen LogP) is 4.43. The van der Waals surface area contributed by atoms with Crippen LogP contribution in [0.2, 0.25) is 0 Å². The summed E-state index contributed by atoms with van der Waals surface area (Å²) in [7, 11) is 1.98. The van der Waals surface area contributed by atoms with Gasteiger partial charge in [0.25, 0.3) is 5.56 Å². The van der Waals surface area contributed by atoms with E-state index >= 15 is 0 Å². The summed E-state index contributed by atoms with van der Waals surface area (Å²) in [6.07, 6.45) is 4.24. The first-order valence-corrected chi connectivity index (χ1v) is 11.9. The van der Waals surface area contributed by atoms with Gasteiger partial charge in [-0.3, -0.25) is 14.3 Å². The number of ether oxygens (including phenoxy) is 1. The molecule has 2 aliphatic rings. The van der Waals surface area contributed by atoms with Gasteiger partial charge in [-0.2, -0.15) is 0 Å². The van der Waals surface area contributed by atoms with E-state index in [0.29, 0.717) is 24.6 Å². The third-order valence-corrected chi connectivity index (χ3v) is 7.30. The fourth-order valence-electron chi connectivity index (χ4n) is 5.68. The van der Waals surface area contributed by atoms with Gasteiger partial charge in [0.2, 0.25) is 0 Å². The first kappa shape index (κ1) is 21.5. The van der Waals surface area contributed by atoms with E-state index < -0.39 is 6.09 Å². The van der Waals surface area contributed by atoms with Crippen molar-refractivity contribution < 1.29 is 14.6 Å². The molecule has 3 aromatic heterocycles. The first-order valence-electron chi connectivity index (χ1n) is 11.9. The summed E-state index contributed by atoms with van der Waals surface area (Å²) in [6.45, 7) is 0.388. The average molecular weight is 471 g/mol. The third kappa shape index (κ3) is 3.56. The Hall–Kier alpha value is -4.07. The van der Waals surface area contributed by atoms with Gasteiger partial charge in [-0.25, -0.2) is 9.78 Å². The summed E-state index contributed by atoms with van der Waals surface area (Å²) in [6, 6.07) is 16.7. The standard InChI is InChI=1S/C27H26N4O4/c1-29-22-14-18-8-5-9-21(31(18)27(33)34)25(22)20-10-11-23(28-26(20)29)30-13-12-19(15-24(30)32)35-16-17-6-3-2-4-7-17/h2-4,6-7,10-13,15,18,21H,5,8-9,14,16H2,1H3,(H,33,34). The minimum atomic E-state index is -0.854. The van der Waals surface area contributed by atoms with Crippen LogP contribution in [-0.4, -0.2) is 36.3 Å². The number of fused-ring (bicyclic) bond motifs is 6. The van der Waals surface area contributed by atoms with Gasteiger partial charge >= 0.3 is 6.09 Å². The summed E-state index contributed by atoms with van der Waals surface area (Å²) in [5.41, 5.74) is 3.78. The number of hydrogen-bond acceptors (Lipinski definition) is 4. The number of carboxylic acid groups (broad SMARTS) is 1. The van der Waals surface area contributed by atoms with Crippen LogP contribution in [0.4, 0.5) is 4.79 Å². The smallest absolute Gasteiger partial charge is 0.408 e. The van der Waals surface area contributed by atoms with Gasteiger partial charge in [-0.05, 0) is 43.0 Å². The second-order valence-electron chi connectivity index (χ2n) is 9.30. The SMILES string of the molecule is Cn1c2c(c3ccc(-n4ccc(OCc5ccccc5)cc4=O)nc31)C1CCCC(C2)N1C(=O)O. The van der Waals surface area contributed by atoms with Crippen LogP contribution in [0.5, 0.6) is 5.75 Å². The van der Waals surface area contributed by atoms with Crippen LogP contribution >= 0.6 is 0 Å². The second-order valence-corrected chi connectivity index (χ2v) is 9.30. The highest BCUT2D eigenvalue weighted by Crippen LogP contribution is 2.45. The average Bonchev–Trinajstić information content (AvgIpc) is 3.14. The predicted molar refractivity (Wildman–Crippen MR) is 131 cm³/mol. The highest BCUT2D eigenvalue weighted by Gasteiger charge is 2.42. The van der Waals surface area contributed by atoms with Crippen molar-refractivity contribution in [2.24, 2.45) is 7.05 Å². The largest absolute Gasteiger partial charge is 0.489 e. The van der Waals surface area contributed by atoms with E-state index in [-0.39, 0.29) is 17.6 Å². The zero-order valence-corrected chi connectivity index (χ0v) is 19.4. The monoisotopic (exact) mass is 470 g/mol. The van der Waals surface area contributed by atoms with Crippen molar-refractivity contribution in [2.75, 3.05) is 0 Å². The molecule has 6 rings (SSSR count). The maximum atomic E-state index is 12.9. The first-order chi connectivity index (χ1) is 17.0. The number of benzene rings is 1. The Morgan fingerprint density at radius 3 is 2.74 bits per heavy atom. The molecule has 1 saturated heterocycles. The molecule has 8 heteroatoms. The van der Waals surface area contributed by atoms with Crippen LogP contribution in [0, 0.1) is 0 Å². The summed E-state index contributed by atoms with van der Waals surface area (Å²) in [5, 5.41) is 10.8. The number of hydrogen-bond donors (Lipinski definition) is 1. The van der Waals surface area contributed by atoms with Gasteiger partial charge in [-0.1, -0.05) is 30.3 Å². The minimum absolute atomic E-state index is 0.00674. The number of carbonyl (C=O) groups is 1. The summed E-state index contributed by atoms with van der Waals surface area (Å²) < 4.78 is 9.36. The number of pyridine rings is 2. The fraction of sp³-hybridized carbons (Fsp3) is 0.296. The molecule has 2 unspecified atom stereocenters.